The second-order valence-electron chi connectivity index (χ2n) is 32.4. The first-order valence-electron chi connectivity index (χ1n) is 35.2. The van der Waals surface area contributed by atoms with Gasteiger partial charge < -0.3 is 41.9 Å². The molecule has 0 saturated carbocycles. The highest BCUT2D eigenvalue weighted by Gasteiger charge is 2.27. The smallest absolute Gasteiger partial charge is 0.226 e. The highest BCUT2D eigenvalue weighted by molar-refractivity contribution is 5.86. The van der Waals surface area contributed by atoms with E-state index in [0.717, 1.165) is 101 Å². The van der Waals surface area contributed by atoms with E-state index < -0.39 is 0 Å². The van der Waals surface area contributed by atoms with Crippen molar-refractivity contribution in [3.63, 3.8) is 0 Å². The van der Waals surface area contributed by atoms with Crippen LogP contribution in [0.3, 0.4) is 0 Å². The molecule has 6 aromatic rings. The molecule has 8 N–H and O–H groups in total. The zero-order chi connectivity index (χ0) is 71.8. The van der Waals surface area contributed by atoms with Gasteiger partial charge in [-0.1, -0.05) is 216 Å². The Morgan fingerprint density at radius 3 is 1.09 bits per heavy atom. The fraction of sp³-hybridized carbons (Fsp3) is 0.570. The summed E-state index contributed by atoms with van der Waals surface area (Å²) in [4.78, 5) is 85.8. The molecule has 4 aromatic carbocycles. The summed E-state index contributed by atoms with van der Waals surface area (Å²) in [5, 5.41) is 20.2. The molecule has 0 bridgehead atoms. The Morgan fingerprint density at radius 1 is 0.361 bits per heavy atom. The zero-order valence-corrected chi connectivity index (χ0v) is 62.5. The molecular weight excluding hydrogens is 1210 g/mol. The number of likely N-dealkylation sites (tertiary alicyclic amines) is 2. The Morgan fingerprint density at radius 2 is 0.691 bits per heavy atom. The predicted molar refractivity (Wildman–Crippen MR) is 396 cm³/mol. The molecule has 18 nitrogen and oxygen atoms in total. The lowest BCUT2D eigenvalue weighted by Crippen LogP contribution is -2.44. The molecule has 4 aliphatic rings. The number of nitrogens with zero attached hydrogens (tertiary/aromatic N) is 4. The van der Waals surface area contributed by atoms with Gasteiger partial charge in [-0.15, -0.1) is 0 Å². The van der Waals surface area contributed by atoms with Crippen LogP contribution in [0.25, 0.3) is 21.8 Å². The molecule has 2 aromatic heterocycles. The molecule has 0 atom stereocenters. The molecule has 0 aliphatic carbocycles. The topological polar surface area (TPSA) is 219 Å². The van der Waals surface area contributed by atoms with Crippen LogP contribution in [-0.2, 0) is 67.8 Å². The number of carbonyl (C=O) groups excluding carboxylic acids is 6. The molecule has 10 rings (SSSR count). The molecule has 0 unspecified atom stereocenters. The third kappa shape index (κ3) is 28.5. The first kappa shape index (κ1) is 80.3. The number of hydrogen-bond donors (Lipinski definition) is 8. The van der Waals surface area contributed by atoms with Crippen molar-refractivity contribution in [2.75, 3.05) is 65.9 Å². The van der Waals surface area contributed by atoms with E-state index in [2.05, 4.69) is 128 Å². The van der Waals surface area contributed by atoms with Crippen LogP contribution in [0.15, 0.2) is 109 Å². The number of H-pyrrole nitrogens is 2. The van der Waals surface area contributed by atoms with Crippen LogP contribution in [0, 0.1) is 32.5 Å². The Labute approximate surface area is 581 Å². The van der Waals surface area contributed by atoms with Crippen molar-refractivity contribution in [3.8, 4) is 0 Å². The third-order valence-electron chi connectivity index (χ3n) is 17.1. The maximum atomic E-state index is 11.8. The van der Waals surface area contributed by atoms with Crippen LogP contribution in [0.5, 0.6) is 0 Å². The quantitative estimate of drug-likeness (QED) is 0.0579. The van der Waals surface area contributed by atoms with Crippen LogP contribution >= 0.6 is 0 Å². The van der Waals surface area contributed by atoms with E-state index in [1.54, 1.807) is 0 Å². The van der Waals surface area contributed by atoms with E-state index >= 15 is 0 Å². The van der Waals surface area contributed by atoms with Gasteiger partial charge in [-0.3, -0.25) is 48.4 Å². The Hall–Kier alpha value is -7.38. The Kier molecular flexibility index (Phi) is 30.6. The number of benzene rings is 4. The molecule has 2 fully saturated rings. The number of aromatic nitrogens is 2. The SMILES string of the molecule is CC(C)(C)C(=O)NCN1CCCC1.CC(C)(C)C(=O)NCN1CCCCC1.CC(C)(C)C(=O)NCN1CCc2ccccc2C1.CC(C)(C)C(=O)NCN1CCc2ccccc2C1.CC(C)(C)C(=O)NCc1c[nH]c2ccccc12.CC(C)(C)C(=O)NCc1cc2ccccc2[nH]1. The molecule has 6 heterocycles. The van der Waals surface area contributed by atoms with Crippen LogP contribution in [0.1, 0.15) is 190 Å². The van der Waals surface area contributed by atoms with Crippen molar-refractivity contribution in [1.82, 2.24) is 61.5 Å². The average molecular weight is 1340 g/mol. The number of para-hydroxylation sites is 2. The summed E-state index contributed by atoms with van der Waals surface area (Å²) < 4.78 is 0. The molecule has 6 amide bonds. The van der Waals surface area contributed by atoms with Gasteiger partial charge in [0.1, 0.15) is 0 Å². The predicted octanol–water partition coefficient (Wildman–Crippen LogP) is 12.8. The van der Waals surface area contributed by atoms with E-state index in [9.17, 15) is 28.8 Å². The first-order valence-corrected chi connectivity index (χ1v) is 35.2. The fourth-order valence-corrected chi connectivity index (χ4v) is 10.6. The van der Waals surface area contributed by atoms with E-state index in [4.69, 9.17) is 0 Å². The third-order valence-corrected chi connectivity index (χ3v) is 17.1. The standard InChI is InChI=1S/2C15H22N2O.2C14H18N2O.C11H22N2O.C10H20N2O/c2*1-15(2,3)14(18)16-11-17-9-8-12-6-4-5-7-13(12)10-17;1-14(2,3)13(17)16-9-10-8-15-12-7-5-4-6-11(10)12;1-14(2,3)13(17)15-9-11-8-10-6-4-5-7-12(10)16-11;1-11(2,3)10(14)12-9-13-7-5-4-6-8-13;1-10(2,3)9(13)11-8-12-6-4-5-7-12/h2*4-7H,8-11H2,1-3H3,(H,16,18);4-8,15H,9H2,1-3H3,(H,16,17);4-8,16H,9H2,1-3H3,(H,15,17);4-9H2,1-3H3,(H,12,14);4-8H2,1-3H3,(H,11,13). The number of aromatic amines is 2. The molecule has 2 saturated heterocycles. The van der Waals surface area contributed by atoms with Gasteiger partial charge in [0.05, 0.1) is 33.2 Å². The van der Waals surface area contributed by atoms with Gasteiger partial charge in [0.2, 0.25) is 35.4 Å². The van der Waals surface area contributed by atoms with Crippen molar-refractivity contribution in [2.24, 2.45) is 32.5 Å². The number of amides is 6. The van der Waals surface area contributed by atoms with Gasteiger partial charge in [-0.2, -0.15) is 0 Å². The monoisotopic (exact) mass is 1330 g/mol. The molecule has 4 aliphatic heterocycles. The summed E-state index contributed by atoms with van der Waals surface area (Å²) in [6.07, 6.45) is 10.5. The molecule has 18 heteroatoms. The number of piperidine rings is 1. The lowest BCUT2D eigenvalue weighted by molar-refractivity contribution is -0.130. The second-order valence-corrected chi connectivity index (χ2v) is 32.4. The van der Waals surface area contributed by atoms with Gasteiger partial charge in [0.15, 0.2) is 0 Å². The van der Waals surface area contributed by atoms with Crippen molar-refractivity contribution >= 4 is 57.2 Å². The Balaban J connectivity index is 0.000000211. The van der Waals surface area contributed by atoms with E-state index in [1.165, 1.54) is 65.1 Å². The second kappa shape index (κ2) is 37.0. The lowest BCUT2D eigenvalue weighted by atomic mass is 9.95. The maximum absolute atomic E-state index is 11.8. The zero-order valence-electron chi connectivity index (χ0n) is 62.5. The largest absolute Gasteiger partial charge is 0.361 e. The summed E-state index contributed by atoms with van der Waals surface area (Å²) in [5.41, 5.74) is 8.17. The number of carbonyl (C=O) groups is 6. The van der Waals surface area contributed by atoms with Gasteiger partial charge in [-0.05, 0) is 116 Å². The fourth-order valence-electron chi connectivity index (χ4n) is 10.6. The van der Waals surface area contributed by atoms with E-state index in [1.807, 2.05) is 167 Å². The minimum absolute atomic E-state index is 0.0659. The molecule has 0 spiro atoms. The van der Waals surface area contributed by atoms with Crippen LogP contribution in [-0.4, -0.2) is 131 Å². The van der Waals surface area contributed by atoms with Crippen molar-refractivity contribution in [2.45, 2.75) is 196 Å². The first-order chi connectivity index (χ1) is 45.4. The van der Waals surface area contributed by atoms with Gasteiger partial charge in [-0.25, -0.2) is 0 Å². The Bertz CT molecular complexity index is 3320. The molecule has 97 heavy (non-hydrogen) atoms. The van der Waals surface area contributed by atoms with Crippen molar-refractivity contribution in [3.05, 3.63) is 143 Å². The molecular formula is C79H122N12O6. The summed E-state index contributed by atoms with van der Waals surface area (Å²) in [6, 6.07) is 35.3. The van der Waals surface area contributed by atoms with Gasteiger partial charge >= 0.3 is 0 Å². The maximum Gasteiger partial charge on any atom is 0.226 e. The van der Waals surface area contributed by atoms with Crippen molar-refractivity contribution < 1.29 is 28.8 Å². The number of nitrogens with one attached hydrogen (secondary N) is 8. The normalized spacial score (nSPS) is 15.4. The van der Waals surface area contributed by atoms with E-state index in [0.29, 0.717) is 26.4 Å². The van der Waals surface area contributed by atoms with Crippen LogP contribution < -0.4 is 31.9 Å². The van der Waals surface area contributed by atoms with Crippen LogP contribution in [0.2, 0.25) is 0 Å². The molecule has 0 radical (unpaired) electrons. The average Bonchev–Trinajstić information content (AvgIpc) is 1.81. The summed E-state index contributed by atoms with van der Waals surface area (Å²) in [5.74, 6) is 0.643. The molecule has 534 valence electrons. The number of fused-ring (bicyclic) bond motifs is 4. The van der Waals surface area contributed by atoms with Crippen molar-refractivity contribution in [1.29, 1.82) is 0 Å². The van der Waals surface area contributed by atoms with Gasteiger partial charge in [0.25, 0.3) is 0 Å². The van der Waals surface area contributed by atoms with Gasteiger partial charge in [0, 0.05) is 93.5 Å². The minimum Gasteiger partial charge on any atom is -0.361 e. The lowest BCUT2D eigenvalue weighted by Gasteiger charge is -2.30. The summed E-state index contributed by atoms with van der Waals surface area (Å²) in [6.45, 7) is 47.0. The number of hydrogen-bond acceptors (Lipinski definition) is 10. The van der Waals surface area contributed by atoms with Crippen LogP contribution in [0.4, 0.5) is 0 Å². The highest BCUT2D eigenvalue weighted by atomic mass is 16.2. The summed E-state index contributed by atoms with van der Waals surface area (Å²) in [7, 11) is 0. The number of rotatable bonds is 12. The van der Waals surface area contributed by atoms with E-state index in [-0.39, 0.29) is 67.9 Å². The highest BCUT2D eigenvalue weighted by Crippen LogP contribution is 2.23. The minimum atomic E-state index is -0.341. The summed E-state index contributed by atoms with van der Waals surface area (Å²) >= 11 is 0.